The van der Waals surface area contributed by atoms with E-state index in [2.05, 4.69) is 27.1 Å². The largest absolute Gasteiger partial charge is 0.423 e. The molecule has 34 heavy (non-hydrogen) atoms. The molecule has 0 bridgehead atoms. The van der Waals surface area contributed by atoms with Crippen LogP contribution in [0.15, 0.2) is 52.9 Å². The monoisotopic (exact) mass is 482 g/mol. The molecule has 1 aliphatic heterocycles. The maximum absolute atomic E-state index is 13.6. The summed E-state index contributed by atoms with van der Waals surface area (Å²) in [7, 11) is 4.13. The number of thiophene rings is 1. The number of aromatic nitrogens is 1. The molecule has 1 fully saturated rings. The molecule has 0 aliphatic carbocycles. The molecule has 3 heterocycles. The van der Waals surface area contributed by atoms with Crippen LogP contribution in [0, 0.1) is 11.6 Å². The van der Waals surface area contributed by atoms with Crippen LogP contribution < -0.4 is 10.2 Å². The van der Waals surface area contributed by atoms with E-state index in [1.54, 1.807) is 30.3 Å². The minimum atomic E-state index is -0.918. The molecular weight excluding hydrogens is 458 g/mol. The van der Waals surface area contributed by atoms with E-state index in [0.29, 0.717) is 44.2 Å². The van der Waals surface area contributed by atoms with Crippen molar-refractivity contribution in [3.8, 4) is 10.4 Å². The highest BCUT2D eigenvalue weighted by Gasteiger charge is 2.24. The first-order valence-electron chi connectivity index (χ1n) is 11.1. The van der Waals surface area contributed by atoms with E-state index in [1.165, 1.54) is 17.4 Å². The first-order chi connectivity index (χ1) is 16.4. The lowest BCUT2D eigenvalue weighted by Gasteiger charge is -2.34. The first kappa shape index (κ1) is 22.5. The van der Waals surface area contributed by atoms with Gasteiger partial charge in [0.1, 0.15) is 5.52 Å². The molecular formula is C25H24F2N4O2S. The SMILES string of the molecule is CN1CCC(N(C)c2nc3cc(NC(=O)c4ccc(-c5ccc(F)c(F)c5)s4)ccc3o2)CC1. The number of hydrogen-bond donors (Lipinski definition) is 1. The third kappa shape index (κ3) is 4.53. The lowest BCUT2D eigenvalue weighted by atomic mass is 10.0. The number of likely N-dealkylation sites (tertiary alicyclic amines) is 1. The Bertz CT molecular complexity index is 1340. The van der Waals surface area contributed by atoms with Gasteiger partial charge in [0.05, 0.1) is 4.88 Å². The predicted molar refractivity (Wildman–Crippen MR) is 131 cm³/mol. The molecule has 9 heteroatoms. The molecule has 0 saturated carbocycles. The van der Waals surface area contributed by atoms with E-state index < -0.39 is 11.6 Å². The Kier molecular flexibility index (Phi) is 6.05. The Morgan fingerprint density at radius 1 is 1.12 bits per heavy atom. The average Bonchev–Trinajstić information content (AvgIpc) is 3.48. The summed E-state index contributed by atoms with van der Waals surface area (Å²) in [4.78, 5) is 23.0. The summed E-state index contributed by atoms with van der Waals surface area (Å²) in [5, 5.41) is 2.88. The predicted octanol–water partition coefficient (Wildman–Crippen LogP) is 5.62. The number of benzene rings is 2. The normalized spacial score (nSPS) is 15.1. The van der Waals surface area contributed by atoms with Gasteiger partial charge in [-0.3, -0.25) is 4.79 Å². The van der Waals surface area contributed by atoms with Crippen LogP contribution in [0.4, 0.5) is 20.5 Å². The third-order valence-corrected chi connectivity index (χ3v) is 7.34. The van der Waals surface area contributed by atoms with Crippen LogP contribution in [0.2, 0.25) is 0 Å². The number of amides is 1. The quantitative estimate of drug-likeness (QED) is 0.400. The molecule has 0 unspecified atom stereocenters. The highest BCUT2D eigenvalue weighted by atomic mass is 32.1. The standard InChI is InChI=1S/C25H24F2N4O2S/c1-30-11-9-17(10-12-30)31(2)25-29-20-14-16(4-6-21(20)33-25)28-24(32)23-8-7-22(34-23)15-3-5-18(26)19(27)13-15/h3-8,13-14,17H,9-12H2,1-2H3,(H,28,32). The van der Waals surface area contributed by atoms with Crippen LogP contribution in [0.25, 0.3) is 21.5 Å². The number of piperidine rings is 1. The van der Waals surface area contributed by atoms with Crippen molar-refractivity contribution in [2.45, 2.75) is 18.9 Å². The van der Waals surface area contributed by atoms with Gasteiger partial charge in [-0.1, -0.05) is 6.07 Å². The lowest BCUT2D eigenvalue weighted by molar-refractivity contribution is 0.103. The maximum Gasteiger partial charge on any atom is 0.298 e. The lowest BCUT2D eigenvalue weighted by Crippen LogP contribution is -2.42. The zero-order valence-electron chi connectivity index (χ0n) is 18.8. The van der Waals surface area contributed by atoms with Crippen LogP contribution in [-0.2, 0) is 0 Å². The second-order valence-corrected chi connectivity index (χ2v) is 9.65. The van der Waals surface area contributed by atoms with E-state index >= 15 is 0 Å². The fourth-order valence-corrected chi connectivity index (χ4v) is 5.04. The van der Waals surface area contributed by atoms with E-state index in [4.69, 9.17) is 4.42 Å². The number of oxazole rings is 1. The van der Waals surface area contributed by atoms with Crippen molar-refractivity contribution < 1.29 is 18.0 Å². The van der Waals surface area contributed by atoms with Gasteiger partial charge in [0.25, 0.3) is 11.9 Å². The van der Waals surface area contributed by atoms with Crippen molar-refractivity contribution in [2.24, 2.45) is 0 Å². The van der Waals surface area contributed by atoms with E-state index in [-0.39, 0.29) is 5.91 Å². The van der Waals surface area contributed by atoms with Crippen molar-refractivity contribution in [1.29, 1.82) is 0 Å². The zero-order valence-corrected chi connectivity index (χ0v) is 19.7. The van der Waals surface area contributed by atoms with Crippen molar-refractivity contribution in [1.82, 2.24) is 9.88 Å². The fraction of sp³-hybridized carbons (Fsp3) is 0.280. The number of fused-ring (bicyclic) bond motifs is 1. The number of carbonyl (C=O) groups excluding carboxylic acids is 1. The molecule has 1 amide bonds. The molecule has 2 aromatic carbocycles. The van der Waals surface area contributed by atoms with Crippen molar-refractivity contribution in [3.05, 3.63) is 65.0 Å². The number of anilines is 2. The van der Waals surface area contributed by atoms with Gasteiger partial charge in [-0.05, 0) is 81.0 Å². The summed E-state index contributed by atoms with van der Waals surface area (Å²) in [5.41, 5.74) is 2.45. The Morgan fingerprint density at radius 2 is 1.91 bits per heavy atom. The summed E-state index contributed by atoms with van der Waals surface area (Å²) < 4.78 is 32.7. The van der Waals surface area contributed by atoms with Gasteiger partial charge in [-0.2, -0.15) is 4.98 Å². The van der Waals surface area contributed by atoms with Crippen LogP contribution in [0.3, 0.4) is 0 Å². The zero-order chi connectivity index (χ0) is 23.8. The molecule has 6 nitrogen and oxygen atoms in total. The molecule has 0 radical (unpaired) electrons. The average molecular weight is 483 g/mol. The van der Waals surface area contributed by atoms with E-state index in [1.807, 2.05) is 7.05 Å². The molecule has 4 aromatic rings. The number of halogens is 2. The maximum atomic E-state index is 13.6. The summed E-state index contributed by atoms with van der Waals surface area (Å²) in [6, 6.07) is 13.4. The topological polar surface area (TPSA) is 61.6 Å². The molecule has 0 spiro atoms. The smallest absolute Gasteiger partial charge is 0.298 e. The Balaban J connectivity index is 1.30. The van der Waals surface area contributed by atoms with Gasteiger partial charge in [-0.15, -0.1) is 11.3 Å². The number of hydrogen-bond acceptors (Lipinski definition) is 6. The molecule has 5 rings (SSSR count). The van der Waals surface area contributed by atoms with E-state index in [9.17, 15) is 13.6 Å². The highest BCUT2D eigenvalue weighted by molar-refractivity contribution is 7.17. The number of nitrogens with zero attached hydrogens (tertiary/aromatic N) is 3. The van der Waals surface area contributed by atoms with Crippen LogP contribution >= 0.6 is 11.3 Å². The van der Waals surface area contributed by atoms with Crippen molar-refractivity contribution in [2.75, 3.05) is 37.4 Å². The van der Waals surface area contributed by atoms with Gasteiger partial charge in [-0.25, -0.2) is 8.78 Å². The van der Waals surface area contributed by atoms with Gasteiger partial charge in [0, 0.05) is 23.7 Å². The minimum Gasteiger partial charge on any atom is -0.423 e. The van der Waals surface area contributed by atoms with Crippen LogP contribution in [0.5, 0.6) is 0 Å². The second kappa shape index (κ2) is 9.15. The van der Waals surface area contributed by atoms with Gasteiger partial charge in [0.15, 0.2) is 17.2 Å². The Morgan fingerprint density at radius 3 is 2.68 bits per heavy atom. The molecule has 1 saturated heterocycles. The number of carbonyl (C=O) groups is 1. The molecule has 1 aliphatic rings. The van der Waals surface area contributed by atoms with E-state index in [0.717, 1.165) is 38.1 Å². The summed E-state index contributed by atoms with van der Waals surface area (Å²) in [6.07, 6.45) is 2.11. The van der Waals surface area contributed by atoms with Crippen molar-refractivity contribution in [3.63, 3.8) is 0 Å². The molecule has 2 aromatic heterocycles. The Hall–Kier alpha value is -3.30. The molecule has 1 N–H and O–H groups in total. The third-order valence-electron chi connectivity index (χ3n) is 6.21. The summed E-state index contributed by atoms with van der Waals surface area (Å²) >= 11 is 1.21. The van der Waals surface area contributed by atoms with Gasteiger partial charge in [0.2, 0.25) is 0 Å². The number of nitrogens with one attached hydrogen (secondary N) is 1. The molecule has 0 atom stereocenters. The molecule has 176 valence electrons. The minimum absolute atomic E-state index is 0.287. The summed E-state index contributed by atoms with van der Waals surface area (Å²) in [6.45, 7) is 2.10. The van der Waals surface area contributed by atoms with Crippen LogP contribution in [0.1, 0.15) is 22.5 Å². The fourth-order valence-electron chi connectivity index (χ4n) is 4.14. The van der Waals surface area contributed by atoms with Crippen molar-refractivity contribution >= 4 is 40.0 Å². The number of rotatable bonds is 5. The second-order valence-electron chi connectivity index (χ2n) is 8.57. The Labute approximate surface area is 199 Å². The van der Waals surface area contributed by atoms with Gasteiger partial charge < -0.3 is 19.5 Å². The van der Waals surface area contributed by atoms with Crippen LogP contribution in [-0.4, -0.2) is 49.0 Å². The highest BCUT2D eigenvalue weighted by Crippen LogP contribution is 2.31. The first-order valence-corrected chi connectivity index (χ1v) is 11.9. The summed E-state index contributed by atoms with van der Waals surface area (Å²) in [5.74, 6) is -2.11. The van der Waals surface area contributed by atoms with Gasteiger partial charge >= 0.3 is 0 Å².